The van der Waals surface area contributed by atoms with Gasteiger partial charge in [0.15, 0.2) is 15.8 Å². The van der Waals surface area contributed by atoms with E-state index < -0.39 is 15.7 Å². The Morgan fingerprint density at radius 2 is 1.68 bits per heavy atom. The second-order valence-corrected chi connectivity index (χ2v) is 8.60. The number of nitrogens with zero attached hydrogens (tertiary/aromatic N) is 1. The summed E-state index contributed by atoms with van der Waals surface area (Å²) in [7, 11) is 0.0677. The van der Waals surface area contributed by atoms with Gasteiger partial charge in [0.25, 0.3) is 0 Å². The topological polar surface area (TPSA) is 79.8 Å². The lowest BCUT2D eigenvalue weighted by Crippen LogP contribution is -2.36. The van der Waals surface area contributed by atoms with E-state index in [2.05, 4.69) is 15.6 Å². The maximum absolute atomic E-state index is 13.6. The van der Waals surface area contributed by atoms with Crippen molar-refractivity contribution in [2.24, 2.45) is 4.99 Å². The van der Waals surface area contributed by atoms with Gasteiger partial charge in [-0.15, -0.1) is 0 Å². The van der Waals surface area contributed by atoms with E-state index in [0.717, 1.165) is 17.4 Å². The van der Waals surface area contributed by atoms with E-state index in [1.165, 1.54) is 18.2 Å². The number of rotatable bonds is 8. The quantitative estimate of drug-likeness (QED) is 0.519. The third-order valence-corrected chi connectivity index (χ3v) is 4.96. The zero-order chi connectivity index (χ0) is 20.6. The summed E-state index contributed by atoms with van der Waals surface area (Å²) in [5.41, 5.74) is 3.30. The number of hydrogen-bond donors (Lipinski definition) is 2. The van der Waals surface area contributed by atoms with Gasteiger partial charge >= 0.3 is 0 Å². The van der Waals surface area contributed by atoms with Crippen molar-refractivity contribution in [3.8, 4) is 0 Å². The third-order valence-electron chi connectivity index (χ3n) is 4.12. The van der Waals surface area contributed by atoms with Crippen LogP contribution in [0.3, 0.4) is 0 Å². The molecular formula is C20H26FN3O3S. The summed E-state index contributed by atoms with van der Waals surface area (Å²) >= 11 is 0. The Morgan fingerprint density at radius 1 is 1.04 bits per heavy atom. The van der Waals surface area contributed by atoms with E-state index in [1.807, 2.05) is 24.3 Å². The number of nitrogens with one attached hydrogen (secondary N) is 2. The fourth-order valence-electron chi connectivity index (χ4n) is 2.79. The van der Waals surface area contributed by atoms with Crippen molar-refractivity contribution in [1.82, 2.24) is 10.6 Å². The molecule has 0 aliphatic heterocycles. The van der Waals surface area contributed by atoms with Crippen LogP contribution >= 0.6 is 0 Å². The van der Waals surface area contributed by atoms with Crippen LogP contribution in [0, 0.1) is 5.82 Å². The highest BCUT2D eigenvalue weighted by Crippen LogP contribution is 2.14. The molecule has 2 aromatic carbocycles. The average molecular weight is 408 g/mol. The summed E-state index contributed by atoms with van der Waals surface area (Å²) in [6.45, 7) is 1.31. The molecule has 6 nitrogen and oxygen atoms in total. The minimum absolute atomic E-state index is 0.138. The van der Waals surface area contributed by atoms with Gasteiger partial charge in [-0.25, -0.2) is 12.8 Å². The van der Waals surface area contributed by atoms with E-state index in [0.29, 0.717) is 30.2 Å². The second kappa shape index (κ2) is 10.2. The van der Waals surface area contributed by atoms with Crippen molar-refractivity contribution >= 4 is 15.8 Å². The first-order valence-corrected chi connectivity index (χ1v) is 10.8. The molecule has 0 atom stereocenters. The summed E-state index contributed by atoms with van der Waals surface area (Å²) in [5.74, 6) is -0.0203. The molecule has 0 heterocycles. The molecule has 0 aromatic heterocycles. The Bertz CT molecular complexity index is 930. The van der Waals surface area contributed by atoms with Crippen molar-refractivity contribution in [1.29, 1.82) is 0 Å². The predicted octanol–water partition coefficient (Wildman–Crippen LogP) is 2.38. The molecule has 0 radical (unpaired) electrons. The van der Waals surface area contributed by atoms with E-state index in [-0.39, 0.29) is 12.3 Å². The molecule has 0 amide bonds. The van der Waals surface area contributed by atoms with Gasteiger partial charge in [0, 0.05) is 33.5 Å². The minimum Gasteiger partial charge on any atom is -0.380 e. The van der Waals surface area contributed by atoms with Crippen molar-refractivity contribution < 1.29 is 17.5 Å². The highest BCUT2D eigenvalue weighted by Gasteiger charge is 2.11. The first-order chi connectivity index (χ1) is 13.3. The van der Waals surface area contributed by atoms with Crippen molar-refractivity contribution in [3.05, 3.63) is 70.5 Å². The molecule has 0 aliphatic carbocycles. The lowest BCUT2D eigenvalue weighted by Gasteiger charge is -2.15. The number of hydrogen-bond acceptors (Lipinski definition) is 4. The molecule has 2 N–H and O–H groups in total. The lowest BCUT2D eigenvalue weighted by molar-refractivity contribution is 0.184. The van der Waals surface area contributed by atoms with Gasteiger partial charge in [-0.2, -0.15) is 0 Å². The highest BCUT2D eigenvalue weighted by molar-refractivity contribution is 7.89. The Morgan fingerprint density at radius 3 is 2.29 bits per heavy atom. The average Bonchev–Trinajstić information content (AvgIpc) is 2.64. The van der Waals surface area contributed by atoms with Gasteiger partial charge in [-0.1, -0.05) is 30.3 Å². The van der Waals surface area contributed by atoms with E-state index in [9.17, 15) is 12.8 Å². The Hall–Kier alpha value is -2.45. The maximum Gasteiger partial charge on any atom is 0.191 e. The van der Waals surface area contributed by atoms with Crippen LogP contribution in [0.5, 0.6) is 0 Å². The van der Waals surface area contributed by atoms with Crippen LogP contribution in [0.4, 0.5) is 4.39 Å². The van der Waals surface area contributed by atoms with Crippen LogP contribution in [0.2, 0.25) is 0 Å². The van der Waals surface area contributed by atoms with Crippen molar-refractivity contribution in [2.45, 2.75) is 25.4 Å². The zero-order valence-corrected chi connectivity index (χ0v) is 17.1. The molecule has 0 saturated carbocycles. The smallest absolute Gasteiger partial charge is 0.191 e. The molecular weight excluding hydrogens is 381 g/mol. The fourth-order valence-corrected chi connectivity index (χ4v) is 3.63. The van der Waals surface area contributed by atoms with Gasteiger partial charge in [-0.3, -0.25) is 4.99 Å². The standard InChI is InChI=1S/C20H26FN3O3S/c1-22-20(23-11-15-6-4-5-7-16(15)13-27-2)24-12-18-10-19(21)9-8-17(18)14-28(3,25)26/h4-10H,11-14H2,1-3H3,(H2,22,23,24). The van der Waals surface area contributed by atoms with Crippen LogP contribution in [0.1, 0.15) is 22.3 Å². The largest absolute Gasteiger partial charge is 0.380 e. The summed E-state index contributed by atoms with van der Waals surface area (Å²) in [4.78, 5) is 4.17. The lowest BCUT2D eigenvalue weighted by atomic mass is 10.1. The molecule has 0 bridgehead atoms. The molecule has 2 aromatic rings. The maximum atomic E-state index is 13.6. The molecule has 0 spiro atoms. The number of benzene rings is 2. The number of sulfone groups is 1. The highest BCUT2D eigenvalue weighted by atomic mass is 32.2. The van der Waals surface area contributed by atoms with Gasteiger partial charge < -0.3 is 15.4 Å². The number of ether oxygens (including phenoxy) is 1. The van der Waals surface area contributed by atoms with Gasteiger partial charge in [-0.05, 0) is 34.4 Å². The Balaban J connectivity index is 2.04. The summed E-state index contributed by atoms with van der Waals surface area (Å²) in [6.07, 6.45) is 1.16. The molecule has 8 heteroatoms. The molecule has 28 heavy (non-hydrogen) atoms. The van der Waals surface area contributed by atoms with E-state index >= 15 is 0 Å². The monoisotopic (exact) mass is 407 g/mol. The Labute approximate surface area is 165 Å². The van der Waals surface area contributed by atoms with Crippen LogP contribution < -0.4 is 10.6 Å². The summed E-state index contributed by atoms with van der Waals surface area (Å²) < 4.78 is 42.1. The zero-order valence-electron chi connectivity index (χ0n) is 16.3. The second-order valence-electron chi connectivity index (χ2n) is 6.46. The molecule has 2 rings (SSSR count). The number of aliphatic imine (C=N–C) groups is 1. The first kappa shape index (κ1) is 21.8. The van der Waals surface area contributed by atoms with E-state index in [4.69, 9.17) is 4.74 Å². The van der Waals surface area contributed by atoms with Crippen LogP contribution in [-0.2, 0) is 40.0 Å². The first-order valence-electron chi connectivity index (χ1n) is 8.77. The molecule has 152 valence electrons. The molecule has 0 aliphatic rings. The summed E-state index contributed by atoms with van der Waals surface area (Å²) in [5, 5.41) is 6.32. The number of guanidine groups is 1. The fraction of sp³-hybridized carbons (Fsp3) is 0.350. The number of methoxy groups -OCH3 is 1. The van der Waals surface area contributed by atoms with Gasteiger partial charge in [0.05, 0.1) is 12.4 Å². The molecule has 0 fully saturated rings. The van der Waals surface area contributed by atoms with Crippen LogP contribution in [-0.4, -0.2) is 34.8 Å². The van der Waals surface area contributed by atoms with Crippen LogP contribution in [0.25, 0.3) is 0 Å². The third kappa shape index (κ3) is 6.94. The van der Waals surface area contributed by atoms with Crippen molar-refractivity contribution in [3.63, 3.8) is 0 Å². The summed E-state index contributed by atoms with van der Waals surface area (Å²) in [6, 6.07) is 12.0. The van der Waals surface area contributed by atoms with Crippen LogP contribution in [0.15, 0.2) is 47.5 Å². The number of halogens is 1. The molecule has 0 saturated heterocycles. The SMILES string of the molecule is CN=C(NCc1ccccc1COC)NCc1cc(F)ccc1CS(C)(=O)=O. The predicted molar refractivity (Wildman–Crippen MR) is 109 cm³/mol. The van der Waals surface area contributed by atoms with E-state index in [1.54, 1.807) is 14.2 Å². The van der Waals surface area contributed by atoms with Crippen molar-refractivity contribution in [2.75, 3.05) is 20.4 Å². The normalized spacial score (nSPS) is 12.1. The minimum atomic E-state index is -3.22. The Kier molecular flexibility index (Phi) is 7.95. The van der Waals surface area contributed by atoms with Gasteiger partial charge in [0.2, 0.25) is 0 Å². The van der Waals surface area contributed by atoms with Gasteiger partial charge in [0.1, 0.15) is 5.82 Å². The molecule has 0 unspecified atom stereocenters.